The van der Waals surface area contributed by atoms with E-state index in [1.807, 2.05) is 25.1 Å². The van der Waals surface area contributed by atoms with Gasteiger partial charge in [-0.05, 0) is 41.1 Å². The van der Waals surface area contributed by atoms with Gasteiger partial charge >= 0.3 is 0 Å². The van der Waals surface area contributed by atoms with Crippen molar-refractivity contribution in [1.29, 1.82) is 0 Å². The number of halogens is 1. The Balaban J connectivity index is 2.10. The summed E-state index contributed by atoms with van der Waals surface area (Å²) < 4.78 is 11.3. The molecule has 3 rings (SSSR count). The molecule has 0 aliphatic carbocycles. The quantitative estimate of drug-likeness (QED) is 0.876. The predicted octanol–water partition coefficient (Wildman–Crippen LogP) is 2.53. The molecular formula is C12H10BrN3O2. The molecule has 92 valence electrons. The van der Waals surface area contributed by atoms with Crippen molar-refractivity contribution in [2.45, 2.75) is 6.92 Å². The minimum absolute atomic E-state index is 0.251. The number of rotatable bonds is 1. The molecule has 6 heteroatoms. The molecule has 1 aromatic carbocycles. The zero-order valence-electron chi connectivity index (χ0n) is 9.61. The SMILES string of the molecule is Cc1nc(-c2ccc3c(c2)OCO3)nc(N)c1Br. The third-order valence-electron chi connectivity index (χ3n) is 2.67. The zero-order chi connectivity index (χ0) is 12.7. The Bertz CT molecular complexity index is 608. The van der Waals surface area contributed by atoms with Gasteiger partial charge in [0, 0.05) is 5.56 Å². The standard InChI is InChI=1S/C12H10BrN3O2/c1-6-10(13)11(14)16-12(15-6)7-2-3-8-9(4-7)18-5-17-8/h2-4H,5H2,1H3,(H2,14,15,16). The number of nitrogens with two attached hydrogens (primary N) is 1. The number of hydrogen-bond acceptors (Lipinski definition) is 5. The molecular weight excluding hydrogens is 298 g/mol. The molecule has 1 aromatic heterocycles. The van der Waals surface area contributed by atoms with Gasteiger partial charge in [-0.1, -0.05) is 0 Å². The van der Waals surface area contributed by atoms with Gasteiger partial charge in [-0.25, -0.2) is 9.97 Å². The Morgan fingerprint density at radius 1 is 1.22 bits per heavy atom. The highest BCUT2D eigenvalue weighted by Gasteiger charge is 2.16. The van der Waals surface area contributed by atoms with Crippen LogP contribution in [0.1, 0.15) is 5.69 Å². The minimum atomic E-state index is 0.251. The van der Waals surface area contributed by atoms with Crippen molar-refractivity contribution in [2.75, 3.05) is 12.5 Å². The highest BCUT2D eigenvalue weighted by molar-refractivity contribution is 9.10. The summed E-state index contributed by atoms with van der Waals surface area (Å²) in [4.78, 5) is 8.65. The molecule has 0 saturated heterocycles. The molecule has 0 amide bonds. The number of fused-ring (bicyclic) bond motifs is 1. The number of aryl methyl sites for hydroxylation is 1. The van der Waals surface area contributed by atoms with Crippen molar-refractivity contribution < 1.29 is 9.47 Å². The van der Waals surface area contributed by atoms with Crippen LogP contribution in [0.2, 0.25) is 0 Å². The third-order valence-corrected chi connectivity index (χ3v) is 3.65. The van der Waals surface area contributed by atoms with E-state index in [4.69, 9.17) is 15.2 Å². The van der Waals surface area contributed by atoms with E-state index in [0.29, 0.717) is 17.4 Å². The van der Waals surface area contributed by atoms with Gasteiger partial charge in [-0.15, -0.1) is 0 Å². The second kappa shape index (κ2) is 4.13. The molecule has 2 aromatic rings. The Morgan fingerprint density at radius 2 is 2.00 bits per heavy atom. The fraction of sp³-hybridized carbons (Fsp3) is 0.167. The monoisotopic (exact) mass is 307 g/mol. The number of ether oxygens (including phenoxy) is 2. The molecule has 2 heterocycles. The van der Waals surface area contributed by atoms with E-state index < -0.39 is 0 Å². The van der Waals surface area contributed by atoms with Crippen LogP contribution in [0.15, 0.2) is 22.7 Å². The summed E-state index contributed by atoms with van der Waals surface area (Å²) in [5, 5.41) is 0. The lowest BCUT2D eigenvalue weighted by Crippen LogP contribution is -2.00. The highest BCUT2D eigenvalue weighted by atomic mass is 79.9. The molecule has 0 radical (unpaired) electrons. The summed E-state index contributed by atoms with van der Waals surface area (Å²) in [5.74, 6) is 2.44. The summed E-state index contributed by atoms with van der Waals surface area (Å²) in [7, 11) is 0. The first kappa shape index (κ1) is 11.3. The van der Waals surface area contributed by atoms with Gasteiger partial charge in [-0.2, -0.15) is 0 Å². The fourth-order valence-corrected chi connectivity index (χ4v) is 1.92. The van der Waals surface area contributed by atoms with Crippen LogP contribution >= 0.6 is 15.9 Å². The highest BCUT2D eigenvalue weighted by Crippen LogP contribution is 2.35. The van der Waals surface area contributed by atoms with Crippen molar-refractivity contribution in [2.24, 2.45) is 0 Å². The first-order valence-corrected chi connectivity index (χ1v) is 6.14. The number of nitrogens with zero attached hydrogens (tertiary/aromatic N) is 2. The summed E-state index contributed by atoms with van der Waals surface area (Å²) in [6, 6.07) is 5.58. The molecule has 0 saturated carbocycles. The van der Waals surface area contributed by atoms with Crippen LogP contribution in [0, 0.1) is 6.92 Å². The molecule has 5 nitrogen and oxygen atoms in total. The van der Waals surface area contributed by atoms with E-state index in [-0.39, 0.29) is 6.79 Å². The molecule has 1 aliphatic heterocycles. The minimum Gasteiger partial charge on any atom is -0.454 e. The van der Waals surface area contributed by atoms with E-state index >= 15 is 0 Å². The normalized spacial score (nSPS) is 12.8. The van der Waals surface area contributed by atoms with E-state index in [1.165, 1.54) is 0 Å². The van der Waals surface area contributed by atoms with Gasteiger partial charge in [-0.3, -0.25) is 0 Å². The van der Waals surface area contributed by atoms with E-state index in [9.17, 15) is 0 Å². The zero-order valence-corrected chi connectivity index (χ0v) is 11.2. The van der Waals surface area contributed by atoms with Crippen LogP contribution in [0.4, 0.5) is 5.82 Å². The maximum absolute atomic E-state index is 5.82. The van der Waals surface area contributed by atoms with Crippen molar-refractivity contribution in [3.63, 3.8) is 0 Å². The number of hydrogen-bond donors (Lipinski definition) is 1. The van der Waals surface area contributed by atoms with Crippen LogP contribution in [0.5, 0.6) is 11.5 Å². The van der Waals surface area contributed by atoms with E-state index in [1.54, 1.807) is 0 Å². The molecule has 0 bridgehead atoms. The largest absolute Gasteiger partial charge is 0.454 e. The summed E-state index contributed by atoms with van der Waals surface area (Å²) in [6.07, 6.45) is 0. The lowest BCUT2D eigenvalue weighted by atomic mass is 10.2. The number of nitrogen functional groups attached to an aromatic ring is 1. The smallest absolute Gasteiger partial charge is 0.231 e. The van der Waals surface area contributed by atoms with Gasteiger partial charge in [0.25, 0.3) is 0 Å². The lowest BCUT2D eigenvalue weighted by molar-refractivity contribution is 0.174. The number of benzene rings is 1. The topological polar surface area (TPSA) is 70.3 Å². The van der Waals surface area contributed by atoms with Gasteiger partial charge in [0.2, 0.25) is 6.79 Å². The average Bonchev–Trinajstić information content (AvgIpc) is 2.82. The van der Waals surface area contributed by atoms with Crippen molar-refractivity contribution in [3.8, 4) is 22.9 Å². The second-order valence-electron chi connectivity index (χ2n) is 3.90. The summed E-state index contributed by atoms with van der Waals surface area (Å²) in [6.45, 7) is 2.12. The van der Waals surface area contributed by atoms with Crippen LogP contribution < -0.4 is 15.2 Å². The van der Waals surface area contributed by atoms with Crippen molar-refractivity contribution >= 4 is 21.7 Å². The van der Waals surface area contributed by atoms with E-state index in [2.05, 4.69) is 25.9 Å². The molecule has 0 atom stereocenters. The molecule has 0 fully saturated rings. The maximum atomic E-state index is 5.82. The molecule has 2 N–H and O–H groups in total. The summed E-state index contributed by atoms with van der Waals surface area (Å²) in [5.41, 5.74) is 7.47. The third kappa shape index (κ3) is 1.78. The molecule has 1 aliphatic rings. The number of aromatic nitrogens is 2. The van der Waals surface area contributed by atoms with E-state index in [0.717, 1.165) is 21.5 Å². The lowest BCUT2D eigenvalue weighted by Gasteiger charge is -2.06. The van der Waals surface area contributed by atoms with Gasteiger partial charge in [0.05, 0.1) is 10.2 Å². The fourth-order valence-electron chi connectivity index (χ4n) is 1.75. The predicted molar refractivity (Wildman–Crippen MR) is 70.4 cm³/mol. The molecule has 18 heavy (non-hydrogen) atoms. The van der Waals surface area contributed by atoms with Crippen LogP contribution in [0.25, 0.3) is 11.4 Å². The Morgan fingerprint density at radius 3 is 2.78 bits per heavy atom. The second-order valence-corrected chi connectivity index (χ2v) is 4.69. The maximum Gasteiger partial charge on any atom is 0.231 e. The first-order chi connectivity index (χ1) is 8.65. The molecule has 0 spiro atoms. The van der Waals surface area contributed by atoms with Crippen LogP contribution in [-0.2, 0) is 0 Å². The Kier molecular flexibility index (Phi) is 2.59. The Labute approximate surface area is 112 Å². The number of anilines is 1. The van der Waals surface area contributed by atoms with Gasteiger partial charge in [0.1, 0.15) is 5.82 Å². The van der Waals surface area contributed by atoms with Crippen LogP contribution in [0.3, 0.4) is 0 Å². The first-order valence-electron chi connectivity index (χ1n) is 5.35. The molecule has 0 unspecified atom stereocenters. The Hall–Kier alpha value is -1.82. The van der Waals surface area contributed by atoms with Crippen molar-refractivity contribution in [3.05, 3.63) is 28.4 Å². The van der Waals surface area contributed by atoms with Crippen molar-refractivity contribution in [1.82, 2.24) is 9.97 Å². The average molecular weight is 308 g/mol. The van der Waals surface area contributed by atoms with Gasteiger partial charge in [0.15, 0.2) is 17.3 Å². The van der Waals surface area contributed by atoms with Crippen LogP contribution in [-0.4, -0.2) is 16.8 Å². The summed E-state index contributed by atoms with van der Waals surface area (Å²) >= 11 is 3.34. The van der Waals surface area contributed by atoms with Gasteiger partial charge < -0.3 is 15.2 Å².